The zero-order valence-corrected chi connectivity index (χ0v) is 9.52. The van der Waals surface area contributed by atoms with Gasteiger partial charge in [0.2, 0.25) is 0 Å². The molecule has 0 spiro atoms. The van der Waals surface area contributed by atoms with E-state index in [0.717, 1.165) is 18.2 Å². The molecule has 1 aromatic heterocycles. The van der Waals surface area contributed by atoms with E-state index in [1.807, 2.05) is 12.1 Å². The minimum Gasteiger partial charge on any atom is -0.493 e. The maximum atomic E-state index is 11.1. The SMILES string of the molecule is NCCCCOc1ccc2ccc(=O)oc2c1. The molecule has 4 nitrogen and oxygen atoms in total. The largest absolute Gasteiger partial charge is 0.493 e. The van der Waals surface area contributed by atoms with Crippen LogP contribution in [0.5, 0.6) is 5.75 Å². The summed E-state index contributed by atoms with van der Waals surface area (Å²) in [7, 11) is 0. The molecule has 0 radical (unpaired) electrons. The van der Waals surface area contributed by atoms with E-state index in [0.29, 0.717) is 24.5 Å². The lowest BCUT2D eigenvalue weighted by molar-refractivity contribution is 0.308. The van der Waals surface area contributed by atoms with Crippen LogP contribution in [-0.4, -0.2) is 13.2 Å². The van der Waals surface area contributed by atoms with E-state index < -0.39 is 0 Å². The van der Waals surface area contributed by atoms with Crippen molar-refractivity contribution in [3.8, 4) is 5.75 Å². The highest BCUT2D eigenvalue weighted by Gasteiger charge is 2.00. The maximum Gasteiger partial charge on any atom is 0.336 e. The number of rotatable bonds is 5. The van der Waals surface area contributed by atoms with Gasteiger partial charge in [-0.15, -0.1) is 0 Å². The van der Waals surface area contributed by atoms with E-state index in [9.17, 15) is 4.79 Å². The van der Waals surface area contributed by atoms with E-state index in [1.54, 1.807) is 12.1 Å². The van der Waals surface area contributed by atoms with Gasteiger partial charge in [-0.1, -0.05) is 0 Å². The Morgan fingerprint density at radius 1 is 1.18 bits per heavy atom. The first-order valence-corrected chi connectivity index (χ1v) is 5.66. The van der Waals surface area contributed by atoms with Gasteiger partial charge in [-0.05, 0) is 37.6 Å². The minimum atomic E-state index is -0.349. The maximum absolute atomic E-state index is 11.1. The number of nitrogens with two attached hydrogens (primary N) is 1. The second-order valence-electron chi connectivity index (χ2n) is 3.80. The van der Waals surface area contributed by atoms with Gasteiger partial charge in [0.25, 0.3) is 0 Å². The van der Waals surface area contributed by atoms with Crippen LogP contribution in [0.25, 0.3) is 11.0 Å². The number of hydrogen-bond acceptors (Lipinski definition) is 4. The molecule has 1 aromatic carbocycles. The van der Waals surface area contributed by atoms with Gasteiger partial charge in [-0.25, -0.2) is 4.79 Å². The van der Waals surface area contributed by atoms with Crippen molar-refractivity contribution in [3.05, 3.63) is 40.8 Å². The fourth-order valence-electron chi connectivity index (χ4n) is 1.57. The molecular weight excluding hydrogens is 218 g/mol. The minimum absolute atomic E-state index is 0.349. The molecule has 0 atom stereocenters. The lowest BCUT2D eigenvalue weighted by atomic mass is 10.2. The van der Waals surface area contributed by atoms with Gasteiger partial charge in [-0.2, -0.15) is 0 Å². The summed E-state index contributed by atoms with van der Waals surface area (Å²) in [4.78, 5) is 11.1. The average Bonchev–Trinajstić information content (AvgIpc) is 2.34. The van der Waals surface area contributed by atoms with E-state index in [4.69, 9.17) is 14.9 Å². The van der Waals surface area contributed by atoms with Gasteiger partial charge < -0.3 is 14.9 Å². The van der Waals surface area contributed by atoms with Crippen LogP contribution >= 0.6 is 0 Å². The highest BCUT2D eigenvalue weighted by atomic mass is 16.5. The van der Waals surface area contributed by atoms with Crippen LogP contribution in [0.2, 0.25) is 0 Å². The summed E-state index contributed by atoms with van der Waals surface area (Å²) in [6, 6.07) is 8.62. The van der Waals surface area contributed by atoms with Crippen molar-refractivity contribution in [3.63, 3.8) is 0 Å². The molecule has 0 aliphatic rings. The molecule has 2 rings (SSSR count). The zero-order chi connectivity index (χ0) is 12.1. The first-order chi connectivity index (χ1) is 8.29. The number of unbranched alkanes of at least 4 members (excludes halogenated alkanes) is 1. The molecule has 2 N–H and O–H groups in total. The van der Waals surface area contributed by atoms with Crippen molar-refractivity contribution >= 4 is 11.0 Å². The molecule has 2 aromatic rings. The Kier molecular flexibility index (Phi) is 3.77. The Labute approximate surface area is 99.0 Å². The van der Waals surface area contributed by atoms with Crippen LogP contribution in [0.4, 0.5) is 0 Å². The standard InChI is InChI=1S/C13H15NO3/c14-7-1-2-8-16-11-5-3-10-4-6-13(15)17-12(10)9-11/h3-6,9H,1-2,7-8,14H2. The second kappa shape index (κ2) is 5.50. The number of fused-ring (bicyclic) bond motifs is 1. The summed E-state index contributed by atoms with van der Waals surface area (Å²) in [6.45, 7) is 1.30. The molecule has 0 saturated heterocycles. The molecule has 1 heterocycles. The van der Waals surface area contributed by atoms with Gasteiger partial charge in [0, 0.05) is 17.5 Å². The van der Waals surface area contributed by atoms with Crippen LogP contribution in [0.1, 0.15) is 12.8 Å². The molecule has 0 saturated carbocycles. The van der Waals surface area contributed by atoms with Gasteiger partial charge in [-0.3, -0.25) is 0 Å². The predicted molar refractivity (Wildman–Crippen MR) is 66.3 cm³/mol. The highest BCUT2D eigenvalue weighted by molar-refractivity contribution is 5.77. The summed E-state index contributed by atoms with van der Waals surface area (Å²) in [5, 5.41) is 0.888. The van der Waals surface area contributed by atoms with E-state index in [1.165, 1.54) is 6.07 Å². The molecule has 0 unspecified atom stereocenters. The normalized spacial score (nSPS) is 10.6. The van der Waals surface area contributed by atoms with Gasteiger partial charge in [0.1, 0.15) is 11.3 Å². The molecule has 4 heteroatoms. The quantitative estimate of drug-likeness (QED) is 0.633. The molecule has 0 aliphatic heterocycles. The Morgan fingerprint density at radius 3 is 2.82 bits per heavy atom. The third-order valence-corrected chi connectivity index (χ3v) is 2.46. The van der Waals surface area contributed by atoms with E-state index >= 15 is 0 Å². The van der Waals surface area contributed by atoms with Crippen molar-refractivity contribution in [2.75, 3.05) is 13.2 Å². The van der Waals surface area contributed by atoms with E-state index in [-0.39, 0.29) is 5.63 Å². The van der Waals surface area contributed by atoms with E-state index in [2.05, 4.69) is 0 Å². The summed E-state index contributed by atoms with van der Waals surface area (Å²) in [5.41, 5.74) is 5.59. The lowest BCUT2D eigenvalue weighted by Crippen LogP contribution is -2.03. The highest BCUT2D eigenvalue weighted by Crippen LogP contribution is 2.19. The summed E-state index contributed by atoms with van der Waals surface area (Å²) in [6.07, 6.45) is 1.87. The number of ether oxygens (including phenoxy) is 1. The summed E-state index contributed by atoms with van der Waals surface area (Å²) >= 11 is 0. The Bertz CT molecular complexity index is 548. The van der Waals surface area contributed by atoms with Crippen molar-refractivity contribution in [1.82, 2.24) is 0 Å². The van der Waals surface area contributed by atoms with Crippen LogP contribution in [0.3, 0.4) is 0 Å². The van der Waals surface area contributed by atoms with Crippen LogP contribution < -0.4 is 16.1 Å². The molecular formula is C13H15NO3. The van der Waals surface area contributed by atoms with Crippen LogP contribution in [0, 0.1) is 0 Å². The fourth-order valence-corrected chi connectivity index (χ4v) is 1.57. The monoisotopic (exact) mass is 233 g/mol. The average molecular weight is 233 g/mol. The molecule has 0 aliphatic carbocycles. The van der Waals surface area contributed by atoms with Crippen molar-refractivity contribution in [2.24, 2.45) is 5.73 Å². The molecule has 0 fully saturated rings. The first-order valence-electron chi connectivity index (χ1n) is 5.66. The number of hydrogen-bond donors (Lipinski definition) is 1. The topological polar surface area (TPSA) is 65.5 Å². The zero-order valence-electron chi connectivity index (χ0n) is 9.52. The second-order valence-corrected chi connectivity index (χ2v) is 3.80. The molecule has 17 heavy (non-hydrogen) atoms. The van der Waals surface area contributed by atoms with Gasteiger partial charge in [0.05, 0.1) is 6.61 Å². The molecule has 0 amide bonds. The van der Waals surface area contributed by atoms with Crippen molar-refractivity contribution in [2.45, 2.75) is 12.8 Å². The Balaban J connectivity index is 2.11. The Morgan fingerprint density at radius 2 is 2.00 bits per heavy atom. The summed E-state index contributed by atoms with van der Waals surface area (Å²) < 4.78 is 10.6. The van der Waals surface area contributed by atoms with Gasteiger partial charge in [0.15, 0.2) is 0 Å². The first kappa shape index (κ1) is 11.7. The van der Waals surface area contributed by atoms with Crippen molar-refractivity contribution < 1.29 is 9.15 Å². The lowest BCUT2D eigenvalue weighted by Gasteiger charge is -2.05. The fraction of sp³-hybridized carbons (Fsp3) is 0.308. The van der Waals surface area contributed by atoms with Crippen LogP contribution in [-0.2, 0) is 0 Å². The predicted octanol–water partition coefficient (Wildman–Crippen LogP) is 1.91. The Hall–Kier alpha value is -1.81. The number of benzene rings is 1. The van der Waals surface area contributed by atoms with Crippen molar-refractivity contribution in [1.29, 1.82) is 0 Å². The third-order valence-electron chi connectivity index (χ3n) is 2.46. The smallest absolute Gasteiger partial charge is 0.336 e. The molecule has 0 bridgehead atoms. The third kappa shape index (κ3) is 3.07. The van der Waals surface area contributed by atoms with Crippen LogP contribution in [0.15, 0.2) is 39.5 Å². The van der Waals surface area contributed by atoms with Gasteiger partial charge >= 0.3 is 5.63 Å². The summed E-state index contributed by atoms with van der Waals surface area (Å²) in [5.74, 6) is 0.712. The molecule has 90 valence electrons.